The van der Waals surface area contributed by atoms with Gasteiger partial charge in [-0.15, -0.1) is 0 Å². The second kappa shape index (κ2) is 10.8. The van der Waals surface area contributed by atoms with Crippen molar-refractivity contribution in [2.75, 3.05) is 21.5 Å². The van der Waals surface area contributed by atoms with Crippen LogP contribution in [-0.2, 0) is 21.4 Å². The molecular formula is C28H25ClN4O3S2. The zero-order valence-corrected chi connectivity index (χ0v) is 23.2. The monoisotopic (exact) mass is 564 g/mol. The number of carbonyl (C=O) groups excluding carboxylic acids is 1. The number of aromatic nitrogens is 2. The highest BCUT2D eigenvalue weighted by Crippen LogP contribution is 2.44. The molecule has 0 saturated carbocycles. The van der Waals surface area contributed by atoms with E-state index >= 15 is 0 Å². The van der Waals surface area contributed by atoms with Crippen molar-refractivity contribution in [3.05, 3.63) is 95.1 Å². The van der Waals surface area contributed by atoms with Gasteiger partial charge in [0.2, 0.25) is 5.91 Å². The molecule has 0 aliphatic carbocycles. The van der Waals surface area contributed by atoms with Crippen molar-refractivity contribution >= 4 is 50.7 Å². The predicted molar refractivity (Wildman–Crippen MR) is 152 cm³/mol. The van der Waals surface area contributed by atoms with E-state index in [1.165, 1.54) is 22.3 Å². The third-order valence-corrected chi connectivity index (χ3v) is 9.05. The third kappa shape index (κ3) is 5.14. The second-order valence-corrected chi connectivity index (χ2v) is 12.0. The van der Waals surface area contributed by atoms with Crippen LogP contribution < -0.4 is 9.21 Å². The highest BCUT2D eigenvalue weighted by Gasteiger charge is 2.37. The molecule has 0 atom stereocenters. The van der Waals surface area contributed by atoms with Crippen LogP contribution in [0.25, 0.3) is 11.3 Å². The zero-order chi connectivity index (χ0) is 26.9. The van der Waals surface area contributed by atoms with E-state index in [1.54, 1.807) is 23.1 Å². The number of hydrogen-bond acceptors (Lipinski definition) is 6. The van der Waals surface area contributed by atoms with E-state index in [1.807, 2.05) is 68.4 Å². The van der Waals surface area contributed by atoms with Crippen molar-refractivity contribution in [2.45, 2.75) is 30.4 Å². The zero-order valence-electron chi connectivity index (χ0n) is 20.8. The van der Waals surface area contributed by atoms with E-state index in [0.29, 0.717) is 28.0 Å². The Bertz CT molecular complexity index is 1610. The lowest BCUT2D eigenvalue weighted by Crippen LogP contribution is -2.34. The highest BCUT2D eigenvalue weighted by molar-refractivity contribution is 7.99. The predicted octanol–water partition coefficient (Wildman–Crippen LogP) is 5.96. The van der Waals surface area contributed by atoms with E-state index in [4.69, 9.17) is 11.6 Å². The highest BCUT2D eigenvalue weighted by atomic mass is 35.5. The Hall–Kier alpha value is -3.40. The summed E-state index contributed by atoms with van der Waals surface area (Å²) in [5.41, 5.74) is 4.12. The van der Waals surface area contributed by atoms with E-state index in [-0.39, 0.29) is 28.8 Å². The van der Waals surface area contributed by atoms with Crippen LogP contribution in [0.15, 0.2) is 89.0 Å². The molecular weight excluding hydrogens is 540 g/mol. The molecule has 7 nitrogen and oxygen atoms in total. The first kappa shape index (κ1) is 26.2. The van der Waals surface area contributed by atoms with Gasteiger partial charge in [0.15, 0.2) is 5.16 Å². The van der Waals surface area contributed by atoms with Crippen LogP contribution in [0.2, 0.25) is 5.02 Å². The summed E-state index contributed by atoms with van der Waals surface area (Å²) in [5, 5.41) is 0.781. The summed E-state index contributed by atoms with van der Waals surface area (Å²) in [5.74, 6) is 0.0186. The van der Waals surface area contributed by atoms with Crippen LogP contribution in [0, 0.1) is 6.92 Å². The van der Waals surface area contributed by atoms with E-state index in [9.17, 15) is 13.2 Å². The molecule has 2 heterocycles. The summed E-state index contributed by atoms with van der Waals surface area (Å²) >= 11 is 7.49. The van der Waals surface area contributed by atoms with Gasteiger partial charge < -0.3 is 4.90 Å². The number of halogens is 1. The largest absolute Gasteiger partial charge is 0.312 e. The first-order chi connectivity index (χ1) is 18.3. The van der Waals surface area contributed by atoms with Crippen molar-refractivity contribution in [3.63, 3.8) is 0 Å². The number of fused-ring (bicyclic) bond motifs is 3. The van der Waals surface area contributed by atoms with Crippen molar-refractivity contribution in [2.24, 2.45) is 0 Å². The molecule has 0 unspecified atom stereocenters. The third-order valence-electron chi connectivity index (χ3n) is 6.21. The summed E-state index contributed by atoms with van der Waals surface area (Å²) in [7, 11) is -3.93. The summed E-state index contributed by atoms with van der Waals surface area (Å²) < 4.78 is 28.7. The quantitative estimate of drug-likeness (QED) is 0.203. The van der Waals surface area contributed by atoms with E-state index in [2.05, 4.69) is 9.97 Å². The van der Waals surface area contributed by atoms with Crippen LogP contribution in [0.4, 0.5) is 11.4 Å². The maximum atomic E-state index is 13.7. The van der Waals surface area contributed by atoms with Gasteiger partial charge in [-0.05, 0) is 55.3 Å². The van der Waals surface area contributed by atoms with E-state index < -0.39 is 10.0 Å². The first-order valence-corrected chi connectivity index (χ1v) is 14.8. The van der Waals surface area contributed by atoms with Gasteiger partial charge in [-0.3, -0.25) is 9.10 Å². The number of anilines is 2. The molecule has 1 amide bonds. The molecule has 5 rings (SSSR count). The molecule has 38 heavy (non-hydrogen) atoms. The molecule has 0 radical (unpaired) electrons. The Kier molecular flexibility index (Phi) is 7.43. The van der Waals surface area contributed by atoms with Crippen molar-refractivity contribution < 1.29 is 13.2 Å². The van der Waals surface area contributed by atoms with Gasteiger partial charge >= 0.3 is 0 Å². The molecule has 0 saturated heterocycles. The minimum atomic E-state index is -3.93. The Morgan fingerprint density at radius 1 is 1.05 bits per heavy atom. The molecule has 1 aromatic heterocycles. The molecule has 1 aliphatic rings. The molecule has 10 heteroatoms. The number of rotatable bonds is 7. The van der Waals surface area contributed by atoms with Gasteiger partial charge in [0, 0.05) is 22.8 Å². The van der Waals surface area contributed by atoms with Crippen molar-refractivity contribution in [1.82, 2.24) is 9.97 Å². The molecule has 3 aromatic carbocycles. The van der Waals surface area contributed by atoms with Crippen molar-refractivity contribution in [3.8, 4) is 11.3 Å². The molecule has 0 spiro atoms. The Balaban J connectivity index is 1.45. The maximum absolute atomic E-state index is 13.7. The fourth-order valence-corrected chi connectivity index (χ4v) is 6.82. The smallest absolute Gasteiger partial charge is 0.268 e. The van der Waals surface area contributed by atoms with Crippen LogP contribution in [0.5, 0.6) is 0 Å². The van der Waals surface area contributed by atoms with Crippen LogP contribution in [-0.4, -0.2) is 36.6 Å². The summed E-state index contributed by atoms with van der Waals surface area (Å²) in [6.07, 6.45) is 1.32. The number of benzene rings is 3. The summed E-state index contributed by atoms with van der Waals surface area (Å²) in [4.78, 5) is 23.7. The number of hydrogen-bond donors (Lipinski definition) is 0. The summed E-state index contributed by atoms with van der Waals surface area (Å²) in [6, 6.07) is 22.2. The van der Waals surface area contributed by atoms with Crippen LogP contribution >= 0.6 is 23.4 Å². The Labute approximate surface area is 231 Å². The minimum absolute atomic E-state index is 0.00817. The molecule has 1 aliphatic heterocycles. The molecule has 0 N–H and O–H groups in total. The van der Waals surface area contributed by atoms with Gasteiger partial charge in [-0.1, -0.05) is 65.8 Å². The first-order valence-electron chi connectivity index (χ1n) is 12.0. The maximum Gasteiger partial charge on any atom is 0.268 e. The lowest BCUT2D eigenvalue weighted by atomic mass is 10.1. The SMILES string of the molecule is CCN(C(=O)CSc1ncc2c(n1)-c1cc(Cl)ccc1N(Cc1ccccc1)S2(=O)=O)c1cccc(C)c1. The fourth-order valence-electron chi connectivity index (χ4n) is 4.39. The lowest BCUT2D eigenvalue weighted by molar-refractivity contribution is -0.116. The number of amides is 1. The van der Waals surface area contributed by atoms with Crippen LogP contribution in [0.1, 0.15) is 18.1 Å². The molecule has 194 valence electrons. The number of nitrogens with zero attached hydrogens (tertiary/aromatic N) is 4. The lowest BCUT2D eigenvalue weighted by Gasteiger charge is -2.31. The molecule has 0 fully saturated rings. The second-order valence-electron chi connectivity index (χ2n) is 8.79. The van der Waals surface area contributed by atoms with Gasteiger partial charge in [-0.2, -0.15) is 0 Å². The number of sulfonamides is 1. The van der Waals surface area contributed by atoms with Gasteiger partial charge in [-0.25, -0.2) is 18.4 Å². The minimum Gasteiger partial charge on any atom is -0.312 e. The number of carbonyl (C=O) groups is 1. The van der Waals surface area contributed by atoms with Gasteiger partial charge in [0.05, 0.1) is 29.9 Å². The fraction of sp³-hybridized carbons (Fsp3) is 0.179. The molecule has 0 bridgehead atoms. The molecule has 4 aromatic rings. The topological polar surface area (TPSA) is 83.5 Å². The standard InChI is InChI=1S/C28H25ClN4O3S2/c1-3-32(22-11-7-8-19(2)14-22)26(34)18-37-28-30-16-25-27(31-28)23-15-21(29)12-13-24(23)33(38(25,35)36)17-20-9-5-4-6-10-20/h4-16H,3,17-18H2,1-2H3. The average Bonchev–Trinajstić information content (AvgIpc) is 2.91. The Morgan fingerprint density at radius 3 is 2.58 bits per heavy atom. The normalized spacial score (nSPS) is 13.5. The van der Waals surface area contributed by atoms with E-state index in [0.717, 1.165) is 16.8 Å². The number of thioether (sulfide) groups is 1. The van der Waals surface area contributed by atoms with Gasteiger partial charge in [0.25, 0.3) is 10.0 Å². The Morgan fingerprint density at radius 2 is 1.84 bits per heavy atom. The van der Waals surface area contributed by atoms with Crippen LogP contribution in [0.3, 0.4) is 0 Å². The van der Waals surface area contributed by atoms with Gasteiger partial charge in [0.1, 0.15) is 4.90 Å². The summed E-state index contributed by atoms with van der Waals surface area (Å²) in [6.45, 7) is 4.59. The number of aryl methyl sites for hydroxylation is 1. The van der Waals surface area contributed by atoms with Crippen molar-refractivity contribution in [1.29, 1.82) is 0 Å². The average molecular weight is 565 g/mol.